The van der Waals surface area contributed by atoms with Gasteiger partial charge in [-0.3, -0.25) is 19.7 Å². The van der Waals surface area contributed by atoms with Crippen LogP contribution in [0.1, 0.15) is 27.2 Å². The summed E-state index contributed by atoms with van der Waals surface area (Å²) in [5.74, 6) is -1.10. The summed E-state index contributed by atoms with van der Waals surface area (Å²) in [5.41, 5.74) is 3.92. The summed E-state index contributed by atoms with van der Waals surface area (Å²) in [6.07, 6.45) is 0.375. The van der Waals surface area contributed by atoms with Crippen LogP contribution in [0.2, 0.25) is 0 Å². The van der Waals surface area contributed by atoms with E-state index in [1.54, 1.807) is 6.07 Å². The smallest absolute Gasteiger partial charge is 0.310 e. The highest BCUT2D eigenvalue weighted by atomic mass is 16.6. The fourth-order valence-corrected chi connectivity index (χ4v) is 2.25. The Morgan fingerprint density at radius 1 is 1.39 bits per heavy atom. The van der Waals surface area contributed by atoms with E-state index < -0.39 is 28.9 Å². The molecule has 8 nitrogen and oxygen atoms in total. The Bertz CT molecular complexity index is 603. The van der Waals surface area contributed by atoms with Crippen molar-refractivity contribution in [1.29, 1.82) is 0 Å². The molecule has 1 aromatic carbocycles. The monoisotopic (exact) mass is 323 g/mol. The Morgan fingerprint density at radius 2 is 2.00 bits per heavy atom. The van der Waals surface area contributed by atoms with Crippen molar-refractivity contribution in [3.63, 3.8) is 0 Å². The average Bonchev–Trinajstić information content (AvgIpc) is 2.44. The second kappa shape index (κ2) is 7.57. The lowest BCUT2D eigenvalue weighted by Crippen LogP contribution is -2.57. The third kappa shape index (κ3) is 5.24. The minimum absolute atomic E-state index is 0.0164. The van der Waals surface area contributed by atoms with Gasteiger partial charge >= 0.3 is 5.69 Å². The lowest BCUT2D eigenvalue weighted by Gasteiger charge is -2.29. The highest BCUT2D eigenvalue weighted by molar-refractivity contribution is 5.90. The molecule has 0 radical (unpaired) electrons. The average molecular weight is 323 g/mol. The number of nitro groups is 1. The van der Waals surface area contributed by atoms with Crippen LogP contribution in [0.5, 0.6) is 5.75 Å². The van der Waals surface area contributed by atoms with E-state index in [1.807, 2.05) is 13.8 Å². The van der Waals surface area contributed by atoms with Crippen LogP contribution in [-0.4, -0.2) is 28.9 Å². The van der Waals surface area contributed by atoms with Crippen molar-refractivity contribution in [1.82, 2.24) is 5.32 Å². The normalized spacial score (nSPS) is 13.2. The highest BCUT2D eigenvalue weighted by Crippen LogP contribution is 2.25. The molecule has 23 heavy (non-hydrogen) atoms. The van der Waals surface area contributed by atoms with Crippen LogP contribution < -0.4 is 15.8 Å². The van der Waals surface area contributed by atoms with Gasteiger partial charge in [-0.1, -0.05) is 26.0 Å². The maximum atomic E-state index is 12.0. The number of ether oxygens (including phenoxy) is 1. The first-order valence-corrected chi connectivity index (χ1v) is 7.13. The van der Waals surface area contributed by atoms with E-state index in [-0.39, 0.29) is 17.4 Å². The molecule has 8 heteroatoms. The molecule has 0 fully saturated rings. The molecule has 1 atom stereocenters. The van der Waals surface area contributed by atoms with Gasteiger partial charge in [0.15, 0.2) is 12.4 Å². The predicted molar refractivity (Wildman–Crippen MR) is 83.8 cm³/mol. The highest BCUT2D eigenvalue weighted by Gasteiger charge is 2.33. The first-order chi connectivity index (χ1) is 10.7. The molecule has 126 valence electrons. The van der Waals surface area contributed by atoms with Gasteiger partial charge in [0.1, 0.15) is 5.54 Å². The molecule has 0 spiro atoms. The van der Waals surface area contributed by atoms with Crippen LogP contribution >= 0.6 is 0 Å². The van der Waals surface area contributed by atoms with Gasteiger partial charge in [0.2, 0.25) is 5.91 Å². The molecule has 0 aliphatic carbocycles. The Labute approximate surface area is 134 Å². The van der Waals surface area contributed by atoms with Crippen LogP contribution in [0.15, 0.2) is 24.3 Å². The largest absolute Gasteiger partial charge is 0.477 e. The van der Waals surface area contributed by atoms with Crippen molar-refractivity contribution in [2.24, 2.45) is 11.7 Å². The molecule has 3 N–H and O–H groups in total. The number of benzene rings is 1. The number of nitrogens with two attached hydrogens (primary N) is 1. The summed E-state index contributed by atoms with van der Waals surface area (Å²) in [7, 11) is 0. The molecule has 0 bridgehead atoms. The third-order valence-corrected chi connectivity index (χ3v) is 3.20. The van der Waals surface area contributed by atoms with Gasteiger partial charge in [0, 0.05) is 6.07 Å². The van der Waals surface area contributed by atoms with Crippen LogP contribution in [-0.2, 0) is 9.59 Å². The number of hydrogen-bond donors (Lipinski definition) is 2. The molecular formula is C15H21N3O5. The lowest BCUT2D eigenvalue weighted by atomic mass is 9.90. The molecule has 1 aromatic rings. The molecule has 0 aliphatic heterocycles. The number of amides is 2. The molecule has 0 aliphatic rings. The molecule has 0 saturated heterocycles. The zero-order valence-corrected chi connectivity index (χ0v) is 13.4. The number of nitrogens with zero attached hydrogens (tertiary/aromatic N) is 1. The number of hydrogen-bond acceptors (Lipinski definition) is 5. The zero-order chi connectivity index (χ0) is 17.6. The number of rotatable bonds is 8. The van der Waals surface area contributed by atoms with Crippen LogP contribution in [0.3, 0.4) is 0 Å². The van der Waals surface area contributed by atoms with E-state index in [0.29, 0.717) is 6.42 Å². The van der Waals surface area contributed by atoms with E-state index >= 15 is 0 Å². The van der Waals surface area contributed by atoms with Crippen molar-refractivity contribution in [2.75, 3.05) is 6.61 Å². The van der Waals surface area contributed by atoms with Crippen molar-refractivity contribution in [3.05, 3.63) is 34.4 Å². The number of carbonyl (C=O) groups excluding carboxylic acids is 2. The Morgan fingerprint density at radius 3 is 2.52 bits per heavy atom. The fraction of sp³-hybridized carbons (Fsp3) is 0.467. The van der Waals surface area contributed by atoms with Gasteiger partial charge in [-0.2, -0.15) is 0 Å². The number of para-hydroxylation sites is 2. The maximum absolute atomic E-state index is 12.0. The topological polar surface area (TPSA) is 125 Å². The van der Waals surface area contributed by atoms with E-state index in [9.17, 15) is 19.7 Å². The molecular weight excluding hydrogens is 302 g/mol. The minimum atomic E-state index is -1.20. The molecule has 1 unspecified atom stereocenters. The SMILES string of the molecule is CC(C)CC(C)(NC(=O)COc1ccccc1[N+](=O)[O-])C(N)=O. The lowest BCUT2D eigenvalue weighted by molar-refractivity contribution is -0.385. The van der Waals surface area contributed by atoms with Crippen LogP contribution in [0, 0.1) is 16.0 Å². The number of nitrogens with one attached hydrogen (secondary N) is 1. The van der Waals surface area contributed by atoms with E-state index in [0.717, 1.165) is 0 Å². The van der Waals surface area contributed by atoms with Gasteiger partial charge in [-0.15, -0.1) is 0 Å². The second-order valence-corrected chi connectivity index (χ2v) is 5.86. The fourth-order valence-electron chi connectivity index (χ4n) is 2.25. The van der Waals surface area contributed by atoms with E-state index in [1.165, 1.54) is 25.1 Å². The molecule has 1 rings (SSSR count). The predicted octanol–water partition coefficient (Wildman–Crippen LogP) is 1.38. The van der Waals surface area contributed by atoms with Gasteiger partial charge in [-0.05, 0) is 25.3 Å². The van der Waals surface area contributed by atoms with Gasteiger partial charge in [-0.25, -0.2) is 0 Å². The molecule has 0 heterocycles. The van der Waals surface area contributed by atoms with Crippen LogP contribution in [0.4, 0.5) is 5.69 Å². The molecule has 0 aromatic heterocycles. The maximum Gasteiger partial charge on any atom is 0.310 e. The van der Waals surface area contributed by atoms with Gasteiger partial charge in [0.25, 0.3) is 5.91 Å². The van der Waals surface area contributed by atoms with Gasteiger partial charge in [0.05, 0.1) is 4.92 Å². The Hall–Kier alpha value is -2.64. The summed E-state index contributed by atoms with van der Waals surface area (Å²) < 4.78 is 5.19. The number of primary amides is 1. The standard InChI is InChI=1S/C15H21N3O5/c1-10(2)8-15(3,14(16)20)17-13(19)9-23-12-7-5-4-6-11(12)18(21)22/h4-7,10H,8-9H2,1-3H3,(H2,16,20)(H,17,19). The summed E-state index contributed by atoms with van der Waals surface area (Å²) in [5, 5.41) is 13.4. The van der Waals surface area contributed by atoms with E-state index in [2.05, 4.69) is 5.32 Å². The van der Waals surface area contributed by atoms with Gasteiger partial charge < -0.3 is 15.8 Å². The van der Waals surface area contributed by atoms with E-state index in [4.69, 9.17) is 10.5 Å². The number of carbonyl (C=O) groups is 2. The van der Waals surface area contributed by atoms with Crippen LogP contribution in [0.25, 0.3) is 0 Å². The zero-order valence-electron chi connectivity index (χ0n) is 13.4. The number of nitro benzene ring substituents is 1. The second-order valence-electron chi connectivity index (χ2n) is 5.86. The summed E-state index contributed by atoms with van der Waals surface area (Å²) in [6.45, 7) is 4.89. The van der Waals surface area contributed by atoms with Crippen molar-refractivity contribution >= 4 is 17.5 Å². The Kier molecular flexibility index (Phi) is 6.06. The summed E-state index contributed by atoms with van der Waals surface area (Å²) in [4.78, 5) is 33.8. The minimum Gasteiger partial charge on any atom is -0.477 e. The first-order valence-electron chi connectivity index (χ1n) is 7.13. The molecule has 0 saturated carbocycles. The first kappa shape index (κ1) is 18.4. The Balaban J connectivity index is 2.74. The van der Waals surface area contributed by atoms with Crippen molar-refractivity contribution in [3.8, 4) is 5.75 Å². The van der Waals surface area contributed by atoms with Crippen molar-refractivity contribution in [2.45, 2.75) is 32.7 Å². The van der Waals surface area contributed by atoms with Crippen molar-refractivity contribution < 1.29 is 19.2 Å². The molecule has 2 amide bonds. The third-order valence-electron chi connectivity index (χ3n) is 3.20. The summed E-state index contributed by atoms with van der Waals surface area (Å²) in [6, 6.07) is 5.73. The quantitative estimate of drug-likeness (QED) is 0.552. The summed E-state index contributed by atoms with van der Waals surface area (Å²) >= 11 is 0.